The number of hydrogen-bond acceptors (Lipinski definition) is 5. The fourth-order valence-electron chi connectivity index (χ4n) is 3.17. The van der Waals surface area contributed by atoms with Gasteiger partial charge in [0.2, 0.25) is 0 Å². The van der Waals surface area contributed by atoms with E-state index in [1.165, 1.54) is 12.0 Å². The van der Waals surface area contributed by atoms with Crippen LogP contribution in [0.25, 0.3) is 10.9 Å². The number of H-pyrrole nitrogens is 1. The van der Waals surface area contributed by atoms with Crippen molar-refractivity contribution in [3.63, 3.8) is 0 Å². The molecular formula is C18H22N2O5. The third kappa shape index (κ3) is 2.84. The second-order valence-electron chi connectivity index (χ2n) is 6.01. The first-order chi connectivity index (χ1) is 12.0. The maximum absolute atomic E-state index is 13.0. The topological polar surface area (TPSA) is 80.9 Å². The Hall–Kier alpha value is -2.54. The number of hydrogen-bond donors (Lipinski definition) is 1. The highest BCUT2D eigenvalue weighted by Gasteiger charge is 2.31. The summed E-state index contributed by atoms with van der Waals surface area (Å²) < 4.78 is 16.1. The van der Waals surface area contributed by atoms with Crippen LogP contribution in [0.4, 0.5) is 0 Å². The van der Waals surface area contributed by atoms with Gasteiger partial charge in [0.1, 0.15) is 11.5 Å². The molecule has 0 bridgehead atoms. The summed E-state index contributed by atoms with van der Waals surface area (Å²) in [5, 5.41) is 0.791. The SMILES string of the molecule is COc1cc(OC)c2c(C)c(C)[nH]c2c1C(=O)C(=O)N1CCOCC1. The van der Waals surface area contributed by atoms with E-state index in [2.05, 4.69) is 4.98 Å². The Morgan fingerprint density at radius 3 is 2.36 bits per heavy atom. The van der Waals surface area contributed by atoms with Gasteiger partial charge in [0, 0.05) is 30.2 Å². The van der Waals surface area contributed by atoms with Crippen molar-refractivity contribution >= 4 is 22.6 Å². The molecule has 0 unspecified atom stereocenters. The quantitative estimate of drug-likeness (QED) is 0.675. The first kappa shape index (κ1) is 17.3. The second kappa shape index (κ2) is 6.76. The Morgan fingerprint density at radius 2 is 1.76 bits per heavy atom. The molecule has 134 valence electrons. The number of ether oxygens (including phenoxy) is 3. The number of nitrogens with one attached hydrogen (secondary N) is 1. The van der Waals surface area contributed by atoms with Gasteiger partial charge in [0.15, 0.2) is 0 Å². The number of aromatic nitrogens is 1. The molecule has 2 aromatic rings. The lowest BCUT2D eigenvalue weighted by atomic mass is 10.0. The summed E-state index contributed by atoms with van der Waals surface area (Å²) in [7, 11) is 3.04. The predicted molar refractivity (Wildman–Crippen MR) is 92.6 cm³/mol. The molecule has 1 N–H and O–H groups in total. The van der Waals surface area contributed by atoms with Crippen molar-refractivity contribution in [2.75, 3.05) is 40.5 Å². The second-order valence-corrected chi connectivity index (χ2v) is 6.01. The highest BCUT2D eigenvalue weighted by Crippen LogP contribution is 2.39. The number of methoxy groups -OCH3 is 2. The highest BCUT2D eigenvalue weighted by atomic mass is 16.5. The van der Waals surface area contributed by atoms with Crippen LogP contribution in [0.15, 0.2) is 6.07 Å². The van der Waals surface area contributed by atoms with Crippen LogP contribution >= 0.6 is 0 Å². The van der Waals surface area contributed by atoms with Gasteiger partial charge in [0.05, 0.1) is 38.5 Å². The van der Waals surface area contributed by atoms with E-state index < -0.39 is 11.7 Å². The minimum atomic E-state index is -0.590. The number of morpholine rings is 1. The van der Waals surface area contributed by atoms with Gasteiger partial charge in [-0.1, -0.05) is 0 Å². The molecule has 3 rings (SSSR count). The van der Waals surface area contributed by atoms with Crippen LogP contribution < -0.4 is 9.47 Å². The van der Waals surface area contributed by atoms with E-state index in [0.29, 0.717) is 43.3 Å². The number of amides is 1. The smallest absolute Gasteiger partial charge is 0.295 e. The lowest BCUT2D eigenvalue weighted by Crippen LogP contribution is -2.44. The first-order valence-corrected chi connectivity index (χ1v) is 8.14. The molecule has 1 aromatic carbocycles. The van der Waals surface area contributed by atoms with E-state index in [0.717, 1.165) is 16.6 Å². The van der Waals surface area contributed by atoms with E-state index in [1.54, 1.807) is 13.2 Å². The molecule has 0 spiro atoms. The molecule has 1 saturated heterocycles. The Balaban J connectivity index is 2.15. The maximum atomic E-state index is 13.0. The zero-order valence-electron chi connectivity index (χ0n) is 14.9. The molecule has 25 heavy (non-hydrogen) atoms. The van der Waals surface area contributed by atoms with E-state index in [9.17, 15) is 9.59 Å². The van der Waals surface area contributed by atoms with Crippen molar-refractivity contribution in [2.24, 2.45) is 0 Å². The summed E-state index contributed by atoms with van der Waals surface area (Å²) in [5.74, 6) is -0.216. The van der Waals surface area contributed by atoms with E-state index in [1.807, 2.05) is 13.8 Å². The number of Topliss-reactive ketones (excluding diaryl/α,β-unsaturated/α-hetero) is 1. The maximum Gasteiger partial charge on any atom is 0.295 e. The van der Waals surface area contributed by atoms with Crippen molar-refractivity contribution in [2.45, 2.75) is 13.8 Å². The average molecular weight is 346 g/mol. The summed E-state index contributed by atoms with van der Waals surface area (Å²) in [6.07, 6.45) is 0. The Bertz CT molecular complexity index is 834. The van der Waals surface area contributed by atoms with Crippen LogP contribution in [0.5, 0.6) is 11.5 Å². The molecule has 1 aliphatic heterocycles. The number of rotatable bonds is 4. The van der Waals surface area contributed by atoms with Crippen molar-refractivity contribution in [1.82, 2.24) is 9.88 Å². The zero-order valence-corrected chi connectivity index (χ0v) is 14.9. The number of nitrogens with zero attached hydrogens (tertiary/aromatic N) is 1. The molecule has 1 aliphatic rings. The Labute approximate surface area is 145 Å². The van der Waals surface area contributed by atoms with E-state index >= 15 is 0 Å². The molecule has 7 heteroatoms. The van der Waals surface area contributed by atoms with Crippen LogP contribution in [-0.2, 0) is 9.53 Å². The third-order valence-electron chi connectivity index (χ3n) is 4.66. The number of carbonyl (C=O) groups excluding carboxylic acids is 2. The van der Waals surface area contributed by atoms with Gasteiger partial charge in [-0.3, -0.25) is 9.59 Å². The lowest BCUT2D eigenvalue weighted by molar-refractivity contribution is -0.130. The van der Waals surface area contributed by atoms with Crippen LogP contribution in [0.1, 0.15) is 21.6 Å². The molecular weight excluding hydrogens is 324 g/mol. The fraction of sp³-hybridized carbons (Fsp3) is 0.444. The van der Waals surface area contributed by atoms with Gasteiger partial charge < -0.3 is 24.1 Å². The normalized spacial score (nSPS) is 14.6. The highest BCUT2D eigenvalue weighted by molar-refractivity contribution is 6.45. The minimum absolute atomic E-state index is 0.242. The minimum Gasteiger partial charge on any atom is -0.496 e. The fourth-order valence-corrected chi connectivity index (χ4v) is 3.17. The van der Waals surface area contributed by atoms with Crippen LogP contribution in [0.3, 0.4) is 0 Å². The van der Waals surface area contributed by atoms with Gasteiger partial charge in [-0.15, -0.1) is 0 Å². The summed E-state index contributed by atoms with van der Waals surface area (Å²) in [6.45, 7) is 5.56. The van der Waals surface area contributed by atoms with Gasteiger partial charge in [0.25, 0.3) is 11.7 Å². The van der Waals surface area contributed by atoms with Crippen LogP contribution in [-0.4, -0.2) is 62.1 Å². The number of ketones is 1. The standard InChI is InChI=1S/C18H22N2O5/c1-10-11(2)19-16-14(10)12(23-3)9-13(24-4)15(16)17(21)18(22)20-5-7-25-8-6-20/h9,19H,5-8H2,1-4H3. The molecule has 1 aromatic heterocycles. The summed E-state index contributed by atoms with van der Waals surface area (Å²) in [5.41, 5.74) is 2.70. The molecule has 0 radical (unpaired) electrons. The lowest BCUT2D eigenvalue weighted by Gasteiger charge is -2.26. The average Bonchev–Trinajstić information content (AvgIpc) is 2.94. The molecule has 7 nitrogen and oxygen atoms in total. The number of aromatic amines is 1. The van der Waals surface area contributed by atoms with E-state index in [-0.39, 0.29) is 5.56 Å². The molecule has 2 heterocycles. The number of carbonyl (C=O) groups is 2. The van der Waals surface area contributed by atoms with Gasteiger partial charge >= 0.3 is 0 Å². The third-order valence-corrected chi connectivity index (χ3v) is 4.66. The van der Waals surface area contributed by atoms with E-state index in [4.69, 9.17) is 14.2 Å². The number of fused-ring (bicyclic) bond motifs is 1. The number of benzene rings is 1. The molecule has 0 aliphatic carbocycles. The summed E-state index contributed by atoms with van der Waals surface area (Å²) in [4.78, 5) is 30.4. The van der Waals surface area contributed by atoms with Gasteiger partial charge in [-0.2, -0.15) is 0 Å². The molecule has 1 fully saturated rings. The van der Waals surface area contributed by atoms with Gasteiger partial charge in [-0.25, -0.2) is 0 Å². The Morgan fingerprint density at radius 1 is 1.12 bits per heavy atom. The van der Waals surface area contributed by atoms with Crippen molar-refractivity contribution < 1.29 is 23.8 Å². The molecule has 0 saturated carbocycles. The molecule has 1 amide bonds. The van der Waals surface area contributed by atoms with Crippen LogP contribution in [0.2, 0.25) is 0 Å². The predicted octanol–water partition coefficient (Wildman–Crippen LogP) is 1.84. The molecule has 0 atom stereocenters. The summed E-state index contributed by atoms with van der Waals surface area (Å²) >= 11 is 0. The zero-order chi connectivity index (χ0) is 18.1. The van der Waals surface area contributed by atoms with Gasteiger partial charge in [-0.05, 0) is 19.4 Å². The first-order valence-electron chi connectivity index (χ1n) is 8.14. The van der Waals surface area contributed by atoms with Crippen molar-refractivity contribution in [3.8, 4) is 11.5 Å². The monoisotopic (exact) mass is 346 g/mol. The van der Waals surface area contributed by atoms with Crippen molar-refractivity contribution in [1.29, 1.82) is 0 Å². The summed E-state index contributed by atoms with van der Waals surface area (Å²) in [6, 6.07) is 1.66. The largest absolute Gasteiger partial charge is 0.496 e. The van der Waals surface area contributed by atoms with Crippen molar-refractivity contribution in [3.05, 3.63) is 22.9 Å². The number of aryl methyl sites for hydroxylation is 2. The Kier molecular flexibility index (Phi) is 4.67. The van der Waals surface area contributed by atoms with Crippen LogP contribution in [0, 0.1) is 13.8 Å².